The molecular weight excluding hydrogens is 156 g/mol. The second-order valence-electron chi connectivity index (χ2n) is 3.69. The van der Waals surface area contributed by atoms with E-state index in [2.05, 4.69) is 24.4 Å². The molecule has 0 saturated heterocycles. The number of rotatable bonds is 3. The minimum Gasteiger partial charge on any atom is -0.466 e. The number of ether oxygens (including phenoxy) is 1. The van der Waals surface area contributed by atoms with Gasteiger partial charge in [0.1, 0.15) is 0 Å². The standard InChI is InChI=1S/C8H16O2Si/c1-10-8(9)6-5-7-11(2,3)4/h5-6H,7H2,1-4H3/b6-5+. The van der Waals surface area contributed by atoms with Crippen molar-refractivity contribution in [2.75, 3.05) is 7.11 Å². The molecule has 0 saturated carbocycles. The average Bonchev–Trinajstić information content (AvgIpc) is 1.85. The van der Waals surface area contributed by atoms with E-state index < -0.39 is 8.07 Å². The largest absolute Gasteiger partial charge is 0.466 e. The molecule has 0 N–H and O–H groups in total. The highest BCUT2D eigenvalue weighted by molar-refractivity contribution is 6.76. The van der Waals surface area contributed by atoms with Gasteiger partial charge in [0, 0.05) is 14.1 Å². The van der Waals surface area contributed by atoms with E-state index in [0.29, 0.717) is 0 Å². The summed E-state index contributed by atoms with van der Waals surface area (Å²) >= 11 is 0. The van der Waals surface area contributed by atoms with E-state index in [4.69, 9.17) is 0 Å². The predicted molar refractivity (Wildman–Crippen MR) is 49.3 cm³/mol. The molecule has 0 unspecified atom stereocenters. The zero-order valence-corrected chi connectivity index (χ0v) is 8.68. The quantitative estimate of drug-likeness (QED) is 0.370. The Bertz CT molecular complexity index is 156. The molecule has 0 aliphatic rings. The van der Waals surface area contributed by atoms with E-state index in [1.165, 1.54) is 13.2 Å². The van der Waals surface area contributed by atoms with Crippen molar-refractivity contribution in [1.82, 2.24) is 0 Å². The molecule has 3 heteroatoms. The predicted octanol–water partition coefficient (Wildman–Crippen LogP) is 2.05. The van der Waals surface area contributed by atoms with Crippen LogP contribution in [0.2, 0.25) is 25.7 Å². The van der Waals surface area contributed by atoms with Gasteiger partial charge < -0.3 is 4.74 Å². The molecule has 0 aromatic carbocycles. The highest BCUT2D eigenvalue weighted by atomic mass is 28.3. The molecule has 0 rings (SSSR count). The smallest absolute Gasteiger partial charge is 0.330 e. The van der Waals surface area contributed by atoms with Crippen LogP contribution in [0.1, 0.15) is 0 Å². The van der Waals surface area contributed by atoms with E-state index in [-0.39, 0.29) is 5.97 Å². The van der Waals surface area contributed by atoms with Gasteiger partial charge in [-0.15, -0.1) is 0 Å². The van der Waals surface area contributed by atoms with Crippen LogP contribution in [0.3, 0.4) is 0 Å². The molecule has 0 fully saturated rings. The zero-order valence-electron chi connectivity index (χ0n) is 7.68. The molecule has 0 aliphatic carbocycles. The minimum absolute atomic E-state index is 0.261. The number of methoxy groups -OCH3 is 1. The van der Waals surface area contributed by atoms with Gasteiger partial charge in [-0.05, 0) is 6.04 Å². The first-order chi connectivity index (χ1) is 4.95. The molecule has 0 amide bonds. The first kappa shape index (κ1) is 10.4. The number of carbonyl (C=O) groups excluding carboxylic acids is 1. The van der Waals surface area contributed by atoms with Gasteiger partial charge in [0.15, 0.2) is 0 Å². The van der Waals surface area contributed by atoms with Crippen LogP contribution in [-0.4, -0.2) is 21.2 Å². The van der Waals surface area contributed by atoms with Crippen LogP contribution in [0.4, 0.5) is 0 Å². The molecule has 0 aromatic heterocycles. The van der Waals surface area contributed by atoms with E-state index in [1.54, 1.807) is 0 Å². The third kappa shape index (κ3) is 7.32. The lowest BCUT2D eigenvalue weighted by molar-refractivity contribution is -0.134. The van der Waals surface area contributed by atoms with Gasteiger partial charge in [0.05, 0.1) is 7.11 Å². The van der Waals surface area contributed by atoms with Crippen molar-refractivity contribution in [3.8, 4) is 0 Å². The Morgan fingerprint density at radius 2 is 2.00 bits per heavy atom. The molecule has 0 aromatic rings. The Labute approximate surface area is 69.3 Å². The average molecular weight is 172 g/mol. The highest BCUT2D eigenvalue weighted by Crippen LogP contribution is 2.07. The molecule has 0 bridgehead atoms. The Hall–Kier alpha value is -0.573. The fourth-order valence-electron chi connectivity index (χ4n) is 0.577. The molecule has 0 aliphatic heterocycles. The van der Waals surface area contributed by atoms with E-state index in [0.717, 1.165) is 6.04 Å². The Balaban J connectivity index is 3.70. The Kier molecular flexibility index (Phi) is 4.11. The lowest BCUT2D eigenvalue weighted by Crippen LogP contribution is -2.17. The molecule has 0 spiro atoms. The Morgan fingerprint density at radius 1 is 1.45 bits per heavy atom. The number of carbonyl (C=O) groups is 1. The maximum Gasteiger partial charge on any atom is 0.330 e. The molecule has 0 radical (unpaired) electrons. The van der Waals surface area contributed by atoms with Crippen molar-refractivity contribution in [2.45, 2.75) is 25.7 Å². The van der Waals surface area contributed by atoms with Crippen molar-refractivity contribution in [2.24, 2.45) is 0 Å². The maximum absolute atomic E-state index is 10.6. The van der Waals surface area contributed by atoms with Gasteiger partial charge in [-0.2, -0.15) is 0 Å². The second-order valence-corrected chi connectivity index (χ2v) is 9.22. The maximum atomic E-state index is 10.6. The van der Waals surface area contributed by atoms with Gasteiger partial charge >= 0.3 is 5.97 Å². The first-order valence-corrected chi connectivity index (χ1v) is 7.41. The van der Waals surface area contributed by atoms with Crippen LogP contribution < -0.4 is 0 Å². The van der Waals surface area contributed by atoms with E-state index in [1.807, 2.05) is 6.08 Å². The van der Waals surface area contributed by atoms with Crippen LogP contribution in [0.5, 0.6) is 0 Å². The van der Waals surface area contributed by atoms with E-state index in [9.17, 15) is 4.79 Å². The van der Waals surface area contributed by atoms with E-state index >= 15 is 0 Å². The summed E-state index contributed by atoms with van der Waals surface area (Å²) in [5.74, 6) is -0.261. The summed E-state index contributed by atoms with van der Waals surface area (Å²) in [6.45, 7) is 6.78. The van der Waals surface area contributed by atoms with Gasteiger partial charge in [0.2, 0.25) is 0 Å². The molecule has 2 nitrogen and oxygen atoms in total. The third-order valence-corrected chi connectivity index (χ3v) is 2.65. The van der Waals surface area contributed by atoms with Gasteiger partial charge in [-0.3, -0.25) is 0 Å². The topological polar surface area (TPSA) is 26.3 Å². The zero-order chi connectivity index (χ0) is 8.91. The normalized spacial score (nSPS) is 12.0. The van der Waals surface area contributed by atoms with Crippen LogP contribution in [0.15, 0.2) is 12.2 Å². The molecule has 11 heavy (non-hydrogen) atoms. The second kappa shape index (κ2) is 4.33. The van der Waals surface area contributed by atoms with Crippen molar-refractivity contribution in [3.05, 3.63) is 12.2 Å². The van der Waals surface area contributed by atoms with Gasteiger partial charge in [-0.25, -0.2) is 4.79 Å². The molecule has 64 valence electrons. The van der Waals surface area contributed by atoms with Crippen molar-refractivity contribution in [3.63, 3.8) is 0 Å². The first-order valence-electron chi connectivity index (χ1n) is 3.70. The fourth-order valence-corrected chi connectivity index (χ4v) is 1.40. The molecule has 0 atom stereocenters. The summed E-state index contributed by atoms with van der Waals surface area (Å²) in [5.41, 5.74) is 0. The van der Waals surface area contributed by atoms with Crippen molar-refractivity contribution < 1.29 is 9.53 Å². The van der Waals surface area contributed by atoms with Crippen molar-refractivity contribution in [1.29, 1.82) is 0 Å². The van der Waals surface area contributed by atoms with Crippen LogP contribution >= 0.6 is 0 Å². The van der Waals surface area contributed by atoms with Gasteiger partial charge in [-0.1, -0.05) is 25.7 Å². The van der Waals surface area contributed by atoms with Crippen LogP contribution in [-0.2, 0) is 9.53 Å². The Morgan fingerprint density at radius 3 is 2.36 bits per heavy atom. The lowest BCUT2D eigenvalue weighted by Gasteiger charge is -2.11. The lowest BCUT2D eigenvalue weighted by atomic mass is 10.5. The summed E-state index contributed by atoms with van der Waals surface area (Å²) in [6, 6.07) is 1.03. The van der Waals surface area contributed by atoms with Crippen LogP contribution in [0.25, 0.3) is 0 Å². The molecule has 0 heterocycles. The summed E-state index contributed by atoms with van der Waals surface area (Å²) in [5, 5.41) is 0. The summed E-state index contributed by atoms with van der Waals surface area (Å²) in [6.07, 6.45) is 3.40. The minimum atomic E-state index is -1.03. The van der Waals surface area contributed by atoms with Crippen molar-refractivity contribution >= 4 is 14.0 Å². The van der Waals surface area contributed by atoms with Crippen LogP contribution in [0, 0.1) is 0 Å². The summed E-state index contributed by atoms with van der Waals surface area (Å²) < 4.78 is 4.45. The highest BCUT2D eigenvalue weighted by Gasteiger charge is 2.09. The summed E-state index contributed by atoms with van der Waals surface area (Å²) in [4.78, 5) is 10.6. The summed E-state index contributed by atoms with van der Waals surface area (Å²) in [7, 11) is 0.359. The number of hydrogen-bond donors (Lipinski definition) is 0. The number of hydrogen-bond acceptors (Lipinski definition) is 2. The molecular formula is C8H16O2Si. The monoisotopic (exact) mass is 172 g/mol. The van der Waals surface area contributed by atoms with Gasteiger partial charge in [0.25, 0.3) is 0 Å². The SMILES string of the molecule is COC(=O)/C=C/C[Si](C)(C)C. The fraction of sp³-hybridized carbons (Fsp3) is 0.625. The number of allylic oxidation sites excluding steroid dienone is 1. The number of esters is 1. The third-order valence-electron chi connectivity index (χ3n) is 1.19.